The topological polar surface area (TPSA) is 38.7 Å². The van der Waals surface area contributed by atoms with Crippen LogP contribution in [0.3, 0.4) is 0 Å². The quantitative estimate of drug-likeness (QED) is 0.236. The first-order chi connectivity index (χ1) is 22.5. The monoisotopic (exact) mass is 597 g/mol. The Kier molecular flexibility index (Phi) is 6.29. The van der Waals surface area contributed by atoms with Crippen molar-refractivity contribution in [3.8, 4) is 11.4 Å². The number of benzene rings is 3. The van der Waals surface area contributed by atoms with Crippen LogP contribution in [0.4, 0.5) is 0 Å². The van der Waals surface area contributed by atoms with Crippen molar-refractivity contribution >= 4 is 34.1 Å². The minimum absolute atomic E-state index is 0.0562. The Labute approximate surface area is 271 Å². The molecule has 0 amide bonds. The molecule has 4 aromatic rings. The molecule has 0 saturated carbocycles. The first-order valence-electron chi connectivity index (χ1n) is 17.1. The second kappa shape index (κ2) is 10.5. The van der Waals surface area contributed by atoms with Crippen LogP contribution in [-0.2, 0) is 18.3 Å². The lowest BCUT2D eigenvalue weighted by Crippen LogP contribution is -2.18. The van der Waals surface area contributed by atoms with Crippen molar-refractivity contribution in [1.82, 2.24) is 15.0 Å². The Morgan fingerprint density at radius 3 is 2.37 bits per heavy atom. The largest absolute Gasteiger partial charge is 0.212 e. The maximum absolute atomic E-state index is 5.38. The number of allylic oxidation sites excluding steroid dienone is 10. The molecule has 3 aromatic carbocycles. The summed E-state index contributed by atoms with van der Waals surface area (Å²) in [6.07, 6.45) is 27.2. The number of nitrogens with zero attached hydrogens (tertiary/aromatic N) is 3. The van der Waals surface area contributed by atoms with Crippen LogP contribution in [0.25, 0.3) is 45.5 Å². The third-order valence-electron chi connectivity index (χ3n) is 10.9. The summed E-state index contributed by atoms with van der Waals surface area (Å²) in [7, 11) is 0. The summed E-state index contributed by atoms with van der Waals surface area (Å²) >= 11 is 0. The van der Waals surface area contributed by atoms with Gasteiger partial charge in [0.1, 0.15) is 5.82 Å². The lowest BCUT2D eigenvalue weighted by Gasteiger charge is -2.26. The number of hydrogen-bond acceptors (Lipinski definition) is 3. The van der Waals surface area contributed by atoms with Crippen molar-refractivity contribution in [1.29, 1.82) is 0 Å². The molecule has 0 bridgehead atoms. The number of hydrogen-bond donors (Lipinski definition) is 0. The van der Waals surface area contributed by atoms with Gasteiger partial charge in [-0.15, -0.1) is 0 Å². The van der Waals surface area contributed by atoms with Crippen LogP contribution in [0, 0.1) is 5.92 Å². The molecule has 5 aliphatic carbocycles. The maximum atomic E-state index is 5.38. The highest BCUT2D eigenvalue weighted by atomic mass is 15.0. The van der Waals surface area contributed by atoms with Gasteiger partial charge < -0.3 is 0 Å². The normalized spacial score (nSPS) is 22.0. The molecule has 3 nitrogen and oxygen atoms in total. The average Bonchev–Trinajstić information content (AvgIpc) is 3.33. The molecule has 46 heavy (non-hydrogen) atoms. The van der Waals surface area contributed by atoms with Gasteiger partial charge in [0.25, 0.3) is 0 Å². The summed E-state index contributed by atoms with van der Waals surface area (Å²) in [5, 5.41) is 2.58. The molecular weight excluding hydrogens is 558 g/mol. The Balaban J connectivity index is 1.25. The third kappa shape index (κ3) is 4.28. The Morgan fingerprint density at radius 2 is 1.54 bits per heavy atom. The van der Waals surface area contributed by atoms with Crippen LogP contribution in [-0.4, -0.2) is 15.0 Å². The first kappa shape index (κ1) is 27.7. The molecule has 0 radical (unpaired) electrons. The van der Waals surface area contributed by atoms with Crippen molar-refractivity contribution in [2.45, 2.75) is 70.6 Å². The molecule has 0 aliphatic heterocycles. The zero-order valence-electron chi connectivity index (χ0n) is 27.0. The molecule has 5 aliphatic rings. The fourth-order valence-corrected chi connectivity index (χ4v) is 8.34. The SMILES string of the molecule is C[C@H]1C=CC(c2nc(-c3cc4c(c5c6c(ccc35)CCC=C6)C=CCC4)nc(C3C=C4C(=CC3)c3ccccc3C4(C)C)n2)=CC1. The van der Waals surface area contributed by atoms with E-state index in [1.54, 1.807) is 0 Å². The van der Waals surface area contributed by atoms with Gasteiger partial charge in [0.15, 0.2) is 11.6 Å². The van der Waals surface area contributed by atoms with Gasteiger partial charge in [-0.3, -0.25) is 0 Å². The van der Waals surface area contributed by atoms with Crippen molar-refractivity contribution < 1.29 is 0 Å². The number of rotatable bonds is 3. The van der Waals surface area contributed by atoms with E-state index in [1.807, 2.05) is 0 Å². The molecule has 226 valence electrons. The van der Waals surface area contributed by atoms with Crippen LogP contribution in [0.1, 0.15) is 97.4 Å². The third-order valence-corrected chi connectivity index (χ3v) is 10.9. The minimum Gasteiger partial charge on any atom is -0.212 e. The van der Waals surface area contributed by atoms with Crippen molar-refractivity contribution in [3.05, 3.63) is 136 Å². The minimum atomic E-state index is -0.0562. The van der Waals surface area contributed by atoms with Crippen LogP contribution in [0.2, 0.25) is 0 Å². The number of aryl methyl sites for hydroxylation is 2. The first-order valence-corrected chi connectivity index (χ1v) is 17.1. The van der Waals surface area contributed by atoms with Crippen LogP contribution < -0.4 is 0 Å². The van der Waals surface area contributed by atoms with Gasteiger partial charge in [0, 0.05) is 22.5 Å². The summed E-state index contributed by atoms with van der Waals surface area (Å²) in [4.78, 5) is 15.9. The highest BCUT2D eigenvalue weighted by Gasteiger charge is 2.40. The second-order valence-corrected chi connectivity index (χ2v) is 14.2. The molecule has 1 heterocycles. The lowest BCUT2D eigenvalue weighted by atomic mass is 9.78. The number of fused-ring (bicyclic) bond motifs is 8. The zero-order valence-corrected chi connectivity index (χ0v) is 27.0. The van der Waals surface area contributed by atoms with E-state index in [9.17, 15) is 0 Å². The van der Waals surface area contributed by atoms with E-state index in [1.165, 1.54) is 55.3 Å². The van der Waals surface area contributed by atoms with Gasteiger partial charge >= 0.3 is 0 Å². The molecule has 3 heteroatoms. The van der Waals surface area contributed by atoms with E-state index in [0.29, 0.717) is 5.92 Å². The Morgan fingerprint density at radius 1 is 0.761 bits per heavy atom. The highest BCUT2D eigenvalue weighted by molar-refractivity contribution is 6.06. The lowest BCUT2D eigenvalue weighted by molar-refractivity contribution is 0.642. The van der Waals surface area contributed by atoms with Crippen LogP contribution in [0.5, 0.6) is 0 Å². The smallest absolute Gasteiger partial charge is 0.164 e. The fourth-order valence-electron chi connectivity index (χ4n) is 8.34. The van der Waals surface area contributed by atoms with Crippen molar-refractivity contribution in [3.63, 3.8) is 0 Å². The van der Waals surface area contributed by atoms with E-state index in [0.717, 1.165) is 67.1 Å². The molecule has 9 rings (SSSR count). The molecule has 2 atom stereocenters. The van der Waals surface area contributed by atoms with Gasteiger partial charge in [-0.1, -0.05) is 112 Å². The van der Waals surface area contributed by atoms with Gasteiger partial charge in [-0.05, 0) is 106 Å². The van der Waals surface area contributed by atoms with Crippen molar-refractivity contribution in [2.75, 3.05) is 0 Å². The number of aromatic nitrogens is 3. The zero-order chi connectivity index (χ0) is 31.0. The van der Waals surface area contributed by atoms with Gasteiger partial charge in [-0.2, -0.15) is 0 Å². The summed E-state index contributed by atoms with van der Waals surface area (Å²) in [5.41, 5.74) is 13.3. The van der Waals surface area contributed by atoms with Gasteiger partial charge in [0.2, 0.25) is 0 Å². The fraction of sp³-hybridized carbons (Fsp3) is 0.279. The second-order valence-electron chi connectivity index (χ2n) is 14.2. The molecule has 1 unspecified atom stereocenters. The van der Waals surface area contributed by atoms with Crippen LogP contribution in [0.15, 0.2) is 90.6 Å². The summed E-state index contributed by atoms with van der Waals surface area (Å²) < 4.78 is 0. The molecular formula is C43H39N3. The van der Waals surface area contributed by atoms with Crippen LogP contribution >= 0.6 is 0 Å². The van der Waals surface area contributed by atoms with E-state index in [-0.39, 0.29) is 11.3 Å². The van der Waals surface area contributed by atoms with E-state index in [4.69, 9.17) is 15.0 Å². The van der Waals surface area contributed by atoms with Gasteiger partial charge in [-0.25, -0.2) is 15.0 Å². The van der Waals surface area contributed by atoms with E-state index >= 15 is 0 Å². The molecule has 0 saturated heterocycles. The van der Waals surface area contributed by atoms with E-state index in [2.05, 4.69) is 118 Å². The van der Waals surface area contributed by atoms with Gasteiger partial charge in [0.05, 0.1) is 0 Å². The molecule has 0 spiro atoms. The average molecular weight is 598 g/mol. The Hall–Kier alpha value is -4.63. The standard InChI is InChI=1S/C43H39N3/c1-26-16-18-28(19-17-26)40-44-41(30-21-22-34-33-14-8-9-15-37(33)43(2,3)38(34)25-30)46-42(45-40)36-24-29-11-5-7-13-32(29)39-31-12-6-4-10-27(31)20-23-35(36)39/h6-9,12-16,18-20,22-26,30H,4-5,10-11,17,21H2,1-3H3/t26-,30?/m0/s1. The van der Waals surface area contributed by atoms with Crippen molar-refractivity contribution in [2.24, 2.45) is 5.92 Å². The molecule has 1 aromatic heterocycles. The summed E-state index contributed by atoms with van der Waals surface area (Å²) in [6, 6.07) is 15.9. The molecule has 0 N–H and O–H groups in total. The predicted octanol–water partition coefficient (Wildman–Crippen LogP) is 10.4. The molecule has 0 fully saturated rings. The maximum Gasteiger partial charge on any atom is 0.164 e. The summed E-state index contributed by atoms with van der Waals surface area (Å²) in [6.45, 7) is 6.97. The Bertz CT molecular complexity index is 2130. The highest BCUT2D eigenvalue weighted by Crippen LogP contribution is 2.52. The summed E-state index contributed by atoms with van der Waals surface area (Å²) in [5.74, 6) is 3.05. The van der Waals surface area contributed by atoms with E-state index < -0.39 is 0 Å². The predicted molar refractivity (Wildman–Crippen MR) is 191 cm³/mol.